The lowest BCUT2D eigenvalue weighted by Gasteiger charge is -2.22. The molecule has 112 valence electrons. The largest absolute Gasteiger partial charge is 0.383 e. The highest BCUT2D eigenvalue weighted by atomic mass is 32.1. The van der Waals surface area contributed by atoms with E-state index in [1.165, 1.54) is 17.4 Å². The van der Waals surface area contributed by atoms with E-state index in [9.17, 15) is 14.3 Å². The minimum Gasteiger partial charge on any atom is -0.383 e. The molecule has 0 aliphatic rings. The summed E-state index contributed by atoms with van der Waals surface area (Å²) >= 11 is 1.44. The van der Waals surface area contributed by atoms with Crippen LogP contribution in [0.5, 0.6) is 0 Å². The van der Waals surface area contributed by atoms with Gasteiger partial charge in [0.2, 0.25) is 5.91 Å². The van der Waals surface area contributed by atoms with E-state index in [4.69, 9.17) is 0 Å². The quantitative estimate of drug-likeness (QED) is 0.862. The maximum absolute atomic E-state index is 13.4. The highest BCUT2D eigenvalue weighted by Crippen LogP contribution is 2.24. The fourth-order valence-electron chi connectivity index (χ4n) is 1.98. The second-order valence-corrected chi connectivity index (χ2v) is 6.07. The molecule has 1 amide bonds. The molecule has 1 aromatic carbocycles. The molecule has 1 aromatic heterocycles. The summed E-state index contributed by atoms with van der Waals surface area (Å²) < 4.78 is 13.4. The number of benzene rings is 1. The first-order valence-corrected chi connectivity index (χ1v) is 7.63. The van der Waals surface area contributed by atoms with Gasteiger partial charge in [-0.3, -0.25) is 4.79 Å². The summed E-state index contributed by atoms with van der Waals surface area (Å²) in [5, 5.41) is 14.9. The van der Waals surface area contributed by atoms with E-state index in [1.807, 2.05) is 17.5 Å². The Kier molecular flexibility index (Phi) is 5.09. The molecule has 0 spiro atoms. The normalized spacial score (nSPS) is 13.7. The van der Waals surface area contributed by atoms with E-state index >= 15 is 0 Å². The first kappa shape index (κ1) is 15.7. The predicted molar refractivity (Wildman–Crippen MR) is 81.6 cm³/mol. The molecule has 21 heavy (non-hydrogen) atoms. The van der Waals surface area contributed by atoms with Crippen molar-refractivity contribution in [3.63, 3.8) is 0 Å². The average molecular weight is 307 g/mol. The Bertz CT molecular complexity index is 596. The van der Waals surface area contributed by atoms with E-state index in [0.717, 1.165) is 4.88 Å². The highest BCUT2D eigenvalue weighted by Gasteiger charge is 2.24. The van der Waals surface area contributed by atoms with Crippen molar-refractivity contribution in [1.29, 1.82) is 0 Å². The van der Waals surface area contributed by atoms with Gasteiger partial charge < -0.3 is 10.4 Å². The van der Waals surface area contributed by atoms with Gasteiger partial charge >= 0.3 is 0 Å². The molecule has 3 nitrogen and oxygen atoms in total. The van der Waals surface area contributed by atoms with Crippen LogP contribution in [-0.2, 0) is 16.8 Å². The SMILES string of the molecule is CC(O)(CNC(=O)CCc1ccccc1F)c1cccs1. The lowest BCUT2D eigenvalue weighted by atomic mass is 10.0. The van der Waals surface area contributed by atoms with Crippen molar-refractivity contribution >= 4 is 17.2 Å². The van der Waals surface area contributed by atoms with Crippen LogP contribution in [0, 0.1) is 5.82 Å². The molecule has 2 aromatic rings. The summed E-state index contributed by atoms with van der Waals surface area (Å²) in [5.74, 6) is -0.494. The number of aliphatic hydroxyl groups is 1. The van der Waals surface area contributed by atoms with Gasteiger partial charge in [-0.15, -0.1) is 11.3 Å². The number of thiophene rings is 1. The summed E-state index contributed by atoms with van der Waals surface area (Å²) in [5.41, 5.74) is -0.556. The third-order valence-corrected chi connectivity index (χ3v) is 4.38. The van der Waals surface area contributed by atoms with E-state index < -0.39 is 5.60 Å². The van der Waals surface area contributed by atoms with Gasteiger partial charge in [0, 0.05) is 11.3 Å². The second-order valence-electron chi connectivity index (χ2n) is 5.12. The number of hydrogen-bond donors (Lipinski definition) is 2. The summed E-state index contributed by atoms with van der Waals surface area (Å²) in [6.45, 7) is 1.81. The number of aryl methyl sites for hydroxylation is 1. The molecule has 0 radical (unpaired) electrons. The molecule has 0 aliphatic heterocycles. The number of halogens is 1. The van der Waals surface area contributed by atoms with E-state index in [0.29, 0.717) is 12.0 Å². The molecule has 0 bridgehead atoms. The Morgan fingerprint density at radius 1 is 1.33 bits per heavy atom. The summed E-state index contributed by atoms with van der Waals surface area (Å²) in [6, 6.07) is 10.1. The Balaban J connectivity index is 1.82. The molecule has 1 heterocycles. The molecular weight excluding hydrogens is 289 g/mol. The van der Waals surface area contributed by atoms with Gasteiger partial charge in [0.25, 0.3) is 0 Å². The van der Waals surface area contributed by atoms with Crippen LogP contribution in [0.25, 0.3) is 0 Å². The van der Waals surface area contributed by atoms with Crippen molar-refractivity contribution in [3.05, 3.63) is 58.0 Å². The van der Waals surface area contributed by atoms with E-state index in [2.05, 4.69) is 5.32 Å². The van der Waals surface area contributed by atoms with Crippen molar-refractivity contribution in [2.75, 3.05) is 6.54 Å². The van der Waals surface area contributed by atoms with Crippen LogP contribution < -0.4 is 5.32 Å². The van der Waals surface area contributed by atoms with Crippen molar-refractivity contribution in [2.45, 2.75) is 25.4 Å². The predicted octanol–water partition coefficient (Wildman–Crippen LogP) is 2.84. The summed E-state index contributed by atoms with van der Waals surface area (Å²) in [6.07, 6.45) is 0.543. The molecular formula is C16H18FNO2S. The van der Waals surface area contributed by atoms with Gasteiger partial charge in [0.05, 0.1) is 6.54 Å². The maximum atomic E-state index is 13.4. The zero-order chi connectivity index (χ0) is 15.3. The Labute approximate surface area is 127 Å². The molecule has 2 rings (SSSR count). The first-order chi connectivity index (χ1) is 9.99. The van der Waals surface area contributed by atoms with Gasteiger partial charge in [-0.25, -0.2) is 4.39 Å². The lowest BCUT2D eigenvalue weighted by molar-refractivity contribution is -0.122. The Morgan fingerprint density at radius 3 is 2.76 bits per heavy atom. The number of hydrogen-bond acceptors (Lipinski definition) is 3. The zero-order valence-corrected chi connectivity index (χ0v) is 12.6. The van der Waals surface area contributed by atoms with Gasteiger partial charge in [-0.2, -0.15) is 0 Å². The Morgan fingerprint density at radius 2 is 2.10 bits per heavy atom. The standard InChI is InChI=1S/C16H18FNO2S/c1-16(20,14-7-4-10-21-14)11-18-15(19)9-8-12-5-2-3-6-13(12)17/h2-7,10,20H,8-9,11H2,1H3,(H,18,19). The highest BCUT2D eigenvalue weighted by molar-refractivity contribution is 7.10. The third-order valence-electron chi connectivity index (χ3n) is 3.26. The van der Waals surface area contributed by atoms with Gasteiger partial charge in [-0.1, -0.05) is 24.3 Å². The van der Waals surface area contributed by atoms with E-state index in [-0.39, 0.29) is 24.7 Å². The molecule has 0 aliphatic carbocycles. The van der Waals surface area contributed by atoms with Crippen molar-refractivity contribution in [3.8, 4) is 0 Å². The van der Waals surface area contributed by atoms with Crippen LogP contribution in [-0.4, -0.2) is 17.6 Å². The van der Waals surface area contributed by atoms with Crippen molar-refractivity contribution in [2.24, 2.45) is 0 Å². The molecule has 1 unspecified atom stereocenters. The smallest absolute Gasteiger partial charge is 0.220 e. The third kappa shape index (κ3) is 4.37. The van der Waals surface area contributed by atoms with Gasteiger partial charge in [-0.05, 0) is 36.4 Å². The fourth-order valence-corrected chi connectivity index (χ4v) is 2.77. The number of carbonyl (C=O) groups excluding carboxylic acids is 1. The molecule has 1 atom stereocenters. The summed E-state index contributed by atoms with van der Waals surface area (Å²) in [7, 11) is 0. The monoisotopic (exact) mass is 307 g/mol. The van der Waals surface area contributed by atoms with Crippen LogP contribution in [0.2, 0.25) is 0 Å². The van der Waals surface area contributed by atoms with Gasteiger partial charge in [0.1, 0.15) is 11.4 Å². The second kappa shape index (κ2) is 6.83. The molecule has 5 heteroatoms. The molecule has 0 saturated carbocycles. The average Bonchev–Trinajstić information content (AvgIpc) is 2.99. The number of carbonyl (C=O) groups is 1. The van der Waals surface area contributed by atoms with Crippen LogP contribution in [0.15, 0.2) is 41.8 Å². The molecule has 0 saturated heterocycles. The topological polar surface area (TPSA) is 49.3 Å². The fraction of sp³-hybridized carbons (Fsp3) is 0.312. The molecule has 2 N–H and O–H groups in total. The molecule has 0 fully saturated rings. The zero-order valence-electron chi connectivity index (χ0n) is 11.8. The Hall–Kier alpha value is -1.72. The van der Waals surface area contributed by atoms with Crippen LogP contribution in [0.4, 0.5) is 4.39 Å². The van der Waals surface area contributed by atoms with Gasteiger partial charge in [0.15, 0.2) is 0 Å². The number of rotatable bonds is 6. The number of amides is 1. The van der Waals surface area contributed by atoms with Crippen molar-refractivity contribution < 1.29 is 14.3 Å². The van der Waals surface area contributed by atoms with Crippen LogP contribution in [0.3, 0.4) is 0 Å². The number of nitrogens with one attached hydrogen (secondary N) is 1. The maximum Gasteiger partial charge on any atom is 0.220 e. The van der Waals surface area contributed by atoms with Crippen LogP contribution >= 0.6 is 11.3 Å². The summed E-state index contributed by atoms with van der Waals surface area (Å²) in [4.78, 5) is 12.6. The minimum absolute atomic E-state index is 0.142. The first-order valence-electron chi connectivity index (χ1n) is 6.75. The van der Waals surface area contributed by atoms with Crippen LogP contribution in [0.1, 0.15) is 23.8 Å². The lowest BCUT2D eigenvalue weighted by Crippen LogP contribution is -2.38. The minimum atomic E-state index is -1.08. The van der Waals surface area contributed by atoms with E-state index in [1.54, 1.807) is 25.1 Å². The van der Waals surface area contributed by atoms with Crippen molar-refractivity contribution in [1.82, 2.24) is 5.32 Å².